The van der Waals surface area contributed by atoms with E-state index < -0.39 is 0 Å². The third kappa shape index (κ3) is 4.79. The van der Waals surface area contributed by atoms with Gasteiger partial charge in [0, 0.05) is 31.8 Å². The number of amides is 2. The van der Waals surface area contributed by atoms with E-state index in [1.807, 2.05) is 42.5 Å². The average Bonchev–Trinajstić information content (AvgIpc) is 3.20. The number of ether oxygens (including phenoxy) is 1. The molecule has 0 atom stereocenters. The number of hydrogen-bond acceptors (Lipinski definition) is 4. The maximum atomic E-state index is 12.5. The third-order valence-electron chi connectivity index (χ3n) is 4.15. The average molecular weight is 378 g/mol. The molecule has 3 aromatic rings. The van der Waals surface area contributed by atoms with Crippen LogP contribution in [0.15, 0.2) is 71.3 Å². The fourth-order valence-electron chi connectivity index (χ4n) is 2.61. The Hall–Kier alpha value is -3.54. The number of nitrogens with one attached hydrogen (secondary N) is 1. The number of benzene rings is 2. The molecule has 28 heavy (non-hydrogen) atoms. The van der Waals surface area contributed by atoms with E-state index in [9.17, 15) is 9.59 Å². The van der Waals surface area contributed by atoms with Gasteiger partial charge in [-0.1, -0.05) is 30.3 Å². The predicted molar refractivity (Wildman–Crippen MR) is 105 cm³/mol. The largest absolute Gasteiger partial charge is 0.489 e. The molecular weight excluding hydrogens is 356 g/mol. The van der Waals surface area contributed by atoms with Gasteiger partial charge in [0.05, 0.1) is 6.26 Å². The van der Waals surface area contributed by atoms with Crippen LogP contribution >= 0.6 is 0 Å². The van der Waals surface area contributed by atoms with Gasteiger partial charge in [-0.05, 0) is 35.9 Å². The van der Waals surface area contributed by atoms with E-state index in [-0.39, 0.29) is 24.2 Å². The van der Waals surface area contributed by atoms with Crippen LogP contribution in [0, 0.1) is 0 Å². The minimum absolute atomic E-state index is 0.0609. The normalized spacial score (nSPS) is 10.4. The summed E-state index contributed by atoms with van der Waals surface area (Å²) >= 11 is 0. The van der Waals surface area contributed by atoms with Gasteiger partial charge in [0.25, 0.3) is 11.8 Å². The molecule has 0 saturated carbocycles. The second-order valence-corrected chi connectivity index (χ2v) is 6.46. The molecule has 0 bridgehead atoms. The Morgan fingerprint density at radius 2 is 1.71 bits per heavy atom. The van der Waals surface area contributed by atoms with Gasteiger partial charge in [-0.3, -0.25) is 9.59 Å². The lowest BCUT2D eigenvalue weighted by Crippen LogP contribution is -2.24. The summed E-state index contributed by atoms with van der Waals surface area (Å²) in [5, 5.41) is 2.83. The zero-order valence-electron chi connectivity index (χ0n) is 15.8. The molecule has 1 N–H and O–H groups in total. The van der Waals surface area contributed by atoms with Gasteiger partial charge < -0.3 is 19.4 Å². The number of carbonyl (C=O) groups is 2. The Labute approximate surface area is 163 Å². The van der Waals surface area contributed by atoms with Crippen molar-refractivity contribution < 1.29 is 18.7 Å². The number of furan rings is 1. The summed E-state index contributed by atoms with van der Waals surface area (Å²) in [5.74, 6) is 0.581. The molecule has 0 unspecified atom stereocenters. The summed E-state index contributed by atoms with van der Waals surface area (Å²) in [4.78, 5) is 25.9. The fourth-order valence-corrected chi connectivity index (χ4v) is 2.61. The molecule has 0 aliphatic rings. The molecular formula is C22H22N2O4. The zero-order chi connectivity index (χ0) is 19.9. The van der Waals surface area contributed by atoms with Crippen LogP contribution in [0.2, 0.25) is 0 Å². The topological polar surface area (TPSA) is 71.8 Å². The van der Waals surface area contributed by atoms with Crippen molar-refractivity contribution in [2.45, 2.75) is 13.2 Å². The monoisotopic (exact) mass is 378 g/mol. The minimum Gasteiger partial charge on any atom is -0.489 e. The van der Waals surface area contributed by atoms with Gasteiger partial charge in [-0.2, -0.15) is 0 Å². The summed E-state index contributed by atoms with van der Waals surface area (Å²) in [7, 11) is 3.41. The third-order valence-corrected chi connectivity index (χ3v) is 4.15. The van der Waals surface area contributed by atoms with Gasteiger partial charge in [0.1, 0.15) is 12.4 Å². The molecule has 1 heterocycles. The van der Waals surface area contributed by atoms with E-state index >= 15 is 0 Å². The van der Waals surface area contributed by atoms with Crippen LogP contribution in [0.5, 0.6) is 5.75 Å². The fraction of sp³-hybridized carbons (Fsp3) is 0.182. The first kappa shape index (κ1) is 19.2. The van der Waals surface area contributed by atoms with Gasteiger partial charge >= 0.3 is 0 Å². The van der Waals surface area contributed by atoms with E-state index in [1.54, 1.807) is 32.3 Å². The van der Waals surface area contributed by atoms with Crippen molar-refractivity contribution in [1.29, 1.82) is 0 Å². The molecule has 3 rings (SSSR count). The second-order valence-electron chi connectivity index (χ2n) is 6.46. The standard InChI is InChI=1S/C22H22N2O4/c1-24(2)22(26)17-10-8-16(9-11-17)14-23-21(25)20-18(12-13-27-20)15-28-19-6-4-3-5-7-19/h3-13H,14-15H2,1-2H3,(H,23,25). The minimum atomic E-state index is -0.315. The Kier molecular flexibility index (Phi) is 6.11. The van der Waals surface area contributed by atoms with Crippen LogP contribution in [0.25, 0.3) is 0 Å². The number of para-hydroxylation sites is 1. The van der Waals surface area contributed by atoms with E-state index in [4.69, 9.17) is 9.15 Å². The van der Waals surface area contributed by atoms with Crippen LogP contribution in [0.4, 0.5) is 0 Å². The highest BCUT2D eigenvalue weighted by atomic mass is 16.5. The SMILES string of the molecule is CN(C)C(=O)c1ccc(CNC(=O)c2occc2COc2ccccc2)cc1. The van der Waals surface area contributed by atoms with Crippen molar-refractivity contribution in [3.05, 3.63) is 89.4 Å². The molecule has 2 aromatic carbocycles. The van der Waals surface area contributed by atoms with Crippen molar-refractivity contribution in [2.75, 3.05) is 14.1 Å². The van der Waals surface area contributed by atoms with Crippen molar-refractivity contribution in [3.63, 3.8) is 0 Å². The maximum absolute atomic E-state index is 12.5. The molecule has 6 nitrogen and oxygen atoms in total. The van der Waals surface area contributed by atoms with Crippen LogP contribution < -0.4 is 10.1 Å². The van der Waals surface area contributed by atoms with E-state index in [0.717, 1.165) is 11.3 Å². The van der Waals surface area contributed by atoms with Crippen LogP contribution in [0.1, 0.15) is 32.0 Å². The summed E-state index contributed by atoms with van der Waals surface area (Å²) < 4.78 is 11.0. The van der Waals surface area contributed by atoms with E-state index in [0.29, 0.717) is 17.7 Å². The quantitative estimate of drug-likeness (QED) is 0.683. The zero-order valence-corrected chi connectivity index (χ0v) is 15.8. The summed E-state index contributed by atoms with van der Waals surface area (Å²) in [6.07, 6.45) is 1.47. The highest BCUT2D eigenvalue weighted by Crippen LogP contribution is 2.16. The smallest absolute Gasteiger partial charge is 0.287 e. The molecule has 0 aliphatic carbocycles. The number of nitrogens with zero attached hydrogens (tertiary/aromatic N) is 1. The first-order valence-corrected chi connectivity index (χ1v) is 8.87. The molecule has 0 aliphatic heterocycles. The van der Waals surface area contributed by atoms with Crippen molar-refractivity contribution in [1.82, 2.24) is 10.2 Å². The van der Waals surface area contributed by atoms with Crippen molar-refractivity contribution in [2.24, 2.45) is 0 Å². The molecule has 1 aromatic heterocycles. The van der Waals surface area contributed by atoms with Crippen molar-refractivity contribution >= 4 is 11.8 Å². The Bertz CT molecular complexity index is 931. The Morgan fingerprint density at radius 1 is 1.00 bits per heavy atom. The number of rotatable bonds is 7. The molecule has 0 fully saturated rings. The van der Waals surface area contributed by atoms with Gasteiger partial charge in [-0.25, -0.2) is 0 Å². The van der Waals surface area contributed by atoms with Gasteiger partial charge in [0.2, 0.25) is 0 Å². The van der Waals surface area contributed by atoms with Crippen LogP contribution in [-0.4, -0.2) is 30.8 Å². The lowest BCUT2D eigenvalue weighted by atomic mass is 10.1. The van der Waals surface area contributed by atoms with Crippen LogP contribution in [0.3, 0.4) is 0 Å². The predicted octanol–water partition coefficient (Wildman–Crippen LogP) is 3.49. The number of carbonyl (C=O) groups excluding carboxylic acids is 2. The maximum Gasteiger partial charge on any atom is 0.287 e. The molecule has 6 heteroatoms. The summed E-state index contributed by atoms with van der Waals surface area (Å²) in [5.41, 5.74) is 2.16. The molecule has 0 radical (unpaired) electrons. The van der Waals surface area contributed by atoms with Crippen molar-refractivity contribution in [3.8, 4) is 5.75 Å². The highest BCUT2D eigenvalue weighted by molar-refractivity contribution is 5.94. The van der Waals surface area contributed by atoms with Gasteiger partial charge in [0.15, 0.2) is 5.76 Å². The van der Waals surface area contributed by atoms with E-state index in [1.165, 1.54) is 11.2 Å². The van der Waals surface area contributed by atoms with E-state index in [2.05, 4.69) is 5.32 Å². The number of hydrogen-bond donors (Lipinski definition) is 1. The lowest BCUT2D eigenvalue weighted by molar-refractivity contribution is 0.0827. The lowest BCUT2D eigenvalue weighted by Gasteiger charge is -2.11. The summed E-state index contributed by atoms with van der Waals surface area (Å²) in [6, 6.07) is 18.2. The van der Waals surface area contributed by atoms with Crippen LogP contribution in [-0.2, 0) is 13.2 Å². The first-order chi connectivity index (χ1) is 13.5. The highest BCUT2D eigenvalue weighted by Gasteiger charge is 2.16. The van der Waals surface area contributed by atoms with Gasteiger partial charge in [-0.15, -0.1) is 0 Å². The Balaban J connectivity index is 1.57. The molecule has 144 valence electrons. The summed E-state index contributed by atoms with van der Waals surface area (Å²) in [6.45, 7) is 0.569. The molecule has 0 spiro atoms. The Morgan fingerprint density at radius 3 is 2.39 bits per heavy atom. The second kappa shape index (κ2) is 8.90. The molecule has 2 amide bonds. The first-order valence-electron chi connectivity index (χ1n) is 8.87. The molecule has 0 saturated heterocycles.